The van der Waals surface area contributed by atoms with Gasteiger partial charge < -0.3 is 5.32 Å². The molecule has 2 rings (SSSR count). The van der Waals surface area contributed by atoms with E-state index in [1.165, 1.54) is 4.70 Å². The predicted octanol–water partition coefficient (Wildman–Crippen LogP) is 3.36. The molecule has 0 unspecified atom stereocenters. The quantitative estimate of drug-likeness (QED) is 0.786. The van der Waals surface area contributed by atoms with Crippen molar-refractivity contribution in [2.45, 2.75) is 26.3 Å². The Labute approximate surface area is 105 Å². The Morgan fingerprint density at radius 1 is 1.31 bits per heavy atom. The number of thiazole rings is 1. The monoisotopic (exact) mass is 250 g/mol. The zero-order chi connectivity index (χ0) is 11.8. The van der Waals surface area contributed by atoms with Crippen LogP contribution in [0.25, 0.3) is 10.2 Å². The Hall–Kier alpha value is -1.00. The van der Waals surface area contributed by atoms with E-state index in [2.05, 4.69) is 37.1 Å². The number of nitrogens with zero attached hydrogens (tertiary/aromatic N) is 1. The lowest BCUT2D eigenvalue weighted by Gasteiger charge is -2.21. The maximum atomic E-state index is 5.35. The second-order valence-electron chi connectivity index (χ2n) is 4.69. The molecule has 0 atom stereocenters. The molecular weight excluding hydrogens is 236 g/mol. The van der Waals surface area contributed by atoms with Crippen molar-refractivity contribution in [3.8, 4) is 0 Å². The number of rotatable bonds is 1. The molecule has 1 N–H and O–H groups in total. The second kappa shape index (κ2) is 4.11. The van der Waals surface area contributed by atoms with Gasteiger partial charge in [0.1, 0.15) is 4.99 Å². The van der Waals surface area contributed by atoms with E-state index in [4.69, 9.17) is 12.2 Å². The van der Waals surface area contributed by atoms with Crippen molar-refractivity contribution in [2.75, 3.05) is 0 Å². The maximum absolute atomic E-state index is 5.35. The molecule has 2 aromatic rings. The van der Waals surface area contributed by atoms with Gasteiger partial charge in [0.15, 0.2) is 5.01 Å². The molecule has 0 fully saturated rings. The minimum atomic E-state index is -0.0189. The largest absolute Gasteiger partial charge is 0.369 e. The summed E-state index contributed by atoms with van der Waals surface area (Å²) in [4.78, 5) is 5.24. The first-order valence-electron chi connectivity index (χ1n) is 5.14. The summed E-state index contributed by atoms with van der Waals surface area (Å²) in [6, 6.07) is 8.09. The first-order valence-corrected chi connectivity index (χ1v) is 6.36. The van der Waals surface area contributed by atoms with Gasteiger partial charge >= 0.3 is 0 Å². The topological polar surface area (TPSA) is 24.9 Å². The maximum Gasteiger partial charge on any atom is 0.151 e. The van der Waals surface area contributed by atoms with Crippen LogP contribution < -0.4 is 5.32 Å². The van der Waals surface area contributed by atoms with E-state index in [1.807, 2.05) is 18.2 Å². The van der Waals surface area contributed by atoms with E-state index < -0.39 is 0 Å². The van der Waals surface area contributed by atoms with E-state index in [0.29, 0.717) is 0 Å². The molecule has 16 heavy (non-hydrogen) atoms. The van der Waals surface area contributed by atoms with Crippen LogP contribution in [-0.4, -0.2) is 15.5 Å². The van der Waals surface area contributed by atoms with Crippen molar-refractivity contribution in [1.82, 2.24) is 10.3 Å². The van der Waals surface area contributed by atoms with Crippen LogP contribution in [0, 0.1) is 0 Å². The number of nitrogens with one attached hydrogen (secondary N) is 1. The van der Waals surface area contributed by atoms with Crippen LogP contribution in [0.5, 0.6) is 0 Å². The highest BCUT2D eigenvalue weighted by Gasteiger charge is 2.15. The Morgan fingerprint density at radius 3 is 2.62 bits per heavy atom. The summed E-state index contributed by atoms with van der Waals surface area (Å²) in [7, 11) is 0. The molecule has 0 aliphatic carbocycles. The number of fused-ring (bicyclic) bond motifs is 1. The molecule has 0 radical (unpaired) electrons. The van der Waals surface area contributed by atoms with Crippen LogP contribution >= 0.6 is 23.6 Å². The summed E-state index contributed by atoms with van der Waals surface area (Å²) in [5, 5.41) is 4.17. The highest BCUT2D eigenvalue weighted by molar-refractivity contribution is 7.81. The highest BCUT2D eigenvalue weighted by atomic mass is 32.1. The second-order valence-corrected chi connectivity index (χ2v) is 6.13. The van der Waals surface area contributed by atoms with Crippen molar-refractivity contribution in [3.63, 3.8) is 0 Å². The van der Waals surface area contributed by atoms with Crippen molar-refractivity contribution in [1.29, 1.82) is 0 Å². The average molecular weight is 250 g/mol. The Bertz CT molecular complexity index is 490. The van der Waals surface area contributed by atoms with Gasteiger partial charge in [0.25, 0.3) is 0 Å². The Morgan fingerprint density at radius 2 is 2.00 bits per heavy atom. The number of para-hydroxylation sites is 1. The fourth-order valence-corrected chi connectivity index (χ4v) is 2.70. The molecule has 0 spiro atoms. The molecule has 1 heterocycles. The summed E-state index contributed by atoms with van der Waals surface area (Å²) in [5.74, 6) is 0. The number of aromatic nitrogens is 1. The molecule has 0 saturated carbocycles. The van der Waals surface area contributed by atoms with Gasteiger partial charge in [-0.2, -0.15) is 0 Å². The summed E-state index contributed by atoms with van der Waals surface area (Å²) in [5.41, 5.74) is 0.995. The van der Waals surface area contributed by atoms with Crippen molar-refractivity contribution in [2.24, 2.45) is 0 Å². The van der Waals surface area contributed by atoms with Crippen LogP contribution in [0.4, 0.5) is 0 Å². The van der Waals surface area contributed by atoms with Crippen LogP contribution in [0.15, 0.2) is 24.3 Å². The van der Waals surface area contributed by atoms with Gasteiger partial charge in [-0.25, -0.2) is 4.98 Å². The molecule has 2 nitrogen and oxygen atoms in total. The zero-order valence-electron chi connectivity index (χ0n) is 9.57. The third-order valence-corrected chi connectivity index (χ3v) is 3.46. The Kier molecular flexibility index (Phi) is 2.95. The number of hydrogen-bond acceptors (Lipinski definition) is 3. The minimum Gasteiger partial charge on any atom is -0.369 e. The van der Waals surface area contributed by atoms with E-state index in [1.54, 1.807) is 11.3 Å². The molecule has 4 heteroatoms. The van der Waals surface area contributed by atoms with Crippen LogP contribution in [-0.2, 0) is 0 Å². The SMILES string of the molecule is CC(C)(C)NC(=S)c1nc2ccccc2s1. The molecule has 1 aromatic carbocycles. The van der Waals surface area contributed by atoms with E-state index in [9.17, 15) is 0 Å². The third kappa shape index (κ3) is 2.57. The molecule has 0 aliphatic heterocycles. The van der Waals surface area contributed by atoms with Crippen molar-refractivity contribution < 1.29 is 0 Å². The highest BCUT2D eigenvalue weighted by Crippen LogP contribution is 2.22. The first-order chi connectivity index (χ1) is 7.46. The fourth-order valence-electron chi connectivity index (χ4n) is 1.36. The molecular formula is C12H14N2S2. The first kappa shape index (κ1) is 11.5. The lowest BCUT2D eigenvalue weighted by atomic mass is 10.1. The smallest absolute Gasteiger partial charge is 0.151 e. The van der Waals surface area contributed by atoms with Gasteiger partial charge in [0.2, 0.25) is 0 Å². The third-order valence-electron chi connectivity index (χ3n) is 1.98. The van der Waals surface area contributed by atoms with E-state index >= 15 is 0 Å². The summed E-state index contributed by atoms with van der Waals surface area (Å²) < 4.78 is 1.18. The average Bonchev–Trinajstić information content (AvgIpc) is 2.58. The van der Waals surface area contributed by atoms with Crippen molar-refractivity contribution >= 4 is 38.8 Å². The number of benzene rings is 1. The summed E-state index contributed by atoms with van der Waals surface area (Å²) in [6.45, 7) is 6.27. The molecule has 0 saturated heterocycles. The van der Waals surface area contributed by atoms with E-state index in [0.717, 1.165) is 15.5 Å². The van der Waals surface area contributed by atoms with E-state index in [-0.39, 0.29) is 5.54 Å². The van der Waals surface area contributed by atoms with Crippen LogP contribution in [0.3, 0.4) is 0 Å². The molecule has 1 aromatic heterocycles. The molecule has 0 aliphatic rings. The lowest BCUT2D eigenvalue weighted by molar-refractivity contribution is 0.515. The summed E-state index contributed by atoms with van der Waals surface area (Å²) >= 11 is 6.98. The number of thiocarbonyl (C=S) groups is 1. The normalized spacial score (nSPS) is 11.7. The van der Waals surface area contributed by atoms with Crippen LogP contribution in [0.2, 0.25) is 0 Å². The van der Waals surface area contributed by atoms with Gasteiger partial charge in [-0.1, -0.05) is 24.4 Å². The molecule has 0 amide bonds. The number of hydrogen-bond donors (Lipinski definition) is 1. The minimum absolute atomic E-state index is 0.0189. The fraction of sp³-hybridized carbons (Fsp3) is 0.333. The van der Waals surface area contributed by atoms with Crippen molar-refractivity contribution in [3.05, 3.63) is 29.3 Å². The van der Waals surface area contributed by atoms with Gasteiger partial charge in [-0.15, -0.1) is 11.3 Å². The molecule has 0 bridgehead atoms. The van der Waals surface area contributed by atoms with Gasteiger partial charge in [-0.05, 0) is 32.9 Å². The van der Waals surface area contributed by atoms with Crippen LogP contribution in [0.1, 0.15) is 25.8 Å². The molecule has 84 valence electrons. The standard InChI is InChI=1S/C12H14N2S2/c1-12(2,3)14-10(15)11-13-8-6-4-5-7-9(8)16-11/h4-7H,1-3H3,(H,14,15). The summed E-state index contributed by atoms with van der Waals surface area (Å²) in [6.07, 6.45) is 0. The van der Waals surface area contributed by atoms with Gasteiger partial charge in [0, 0.05) is 5.54 Å². The zero-order valence-corrected chi connectivity index (χ0v) is 11.2. The lowest BCUT2D eigenvalue weighted by Crippen LogP contribution is -2.39. The van der Waals surface area contributed by atoms with Gasteiger partial charge in [0.05, 0.1) is 10.2 Å². The predicted molar refractivity (Wildman–Crippen MR) is 74.2 cm³/mol. The van der Waals surface area contributed by atoms with Gasteiger partial charge in [-0.3, -0.25) is 0 Å². The Balaban J connectivity index is 2.30.